The standard InChI is InChI=1S/C25H30O2/c1-17(2)13-14-18(3)9-8-10-19(4)15-16-21-20(5)24(26)22-11-6-7-12-23(22)25(21)27/h6-7,9,11-13,15H,8,10,14,16H2,1-5H3/b18-9-,19-15+. The molecule has 0 unspecified atom stereocenters. The number of hydrogen-bond acceptors (Lipinski definition) is 2. The van der Waals surface area contributed by atoms with E-state index in [4.69, 9.17) is 0 Å². The van der Waals surface area contributed by atoms with Crippen LogP contribution in [0.2, 0.25) is 0 Å². The molecule has 27 heavy (non-hydrogen) atoms. The molecule has 0 aliphatic heterocycles. The molecule has 2 nitrogen and oxygen atoms in total. The van der Waals surface area contributed by atoms with E-state index in [0.29, 0.717) is 28.7 Å². The molecule has 0 saturated heterocycles. The van der Waals surface area contributed by atoms with Crippen LogP contribution in [0.3, 0.4) is 0 Å². The number of benzene rings is 1. The van der Waals surface area contributed by atoms with Gasteiger partial charge in [0, 0.05) is 22.3 Å². The second kappa shape index (κ2) is 9.45. The zero-order valence-corrected chi connectivity index (χ0v) is 17.2. The van der Waals surface area contributed by atoms with Crippen molar-refractivity contribution in [2.75, 3.05) is 0 Å². The third-order valence-corrected chi connectivity index (χ3v) is 5.00. The molecule has 0 saturated carbocycles. The minimum Gasteiger partial charge on any atom is -0.289 e. The third kappa shape index (κ3) is 5.50. The Labute approximate surface area is 163 Å². The van der Waals surface area contributed by atoms with Gasteiger partial charge >= 0.3 is 0 Å². The van der Waals surface area contributed by atoms with Crippen LogP contribution in [0.25, 0.3) is 0 Å². The van der Waals surface area contributed by atoms with Crippen molar-refractivity contribution in [3.05, 3.63) is 81.5 Å². The summed E-state index contributed by atoms with van der Waals surface area (Å²) in [5.74, 6) is -0.0340. The van der Waals surface area contributed by atoms with Crippen LogP contribution in [-0.2, 0) is 0 Å². The van der Waals surface area contributed by atoms with E-state index in [9.17, 15) is 9.59 Å². The molecule has 142 valence electrons. The highest BCUT2D eigenvalue weighted by atomic mass is 16.1. The fourth-order valence-electron chi connectivity index (χ4n) is 3.17. The quantitative estimate of drug-likeness (QED) is 0.500. The highest BCUT2D eigenvalue weighted by Gasteiger charge is 2.28. The second-order valence-electron chi connectivity index (χ2n) is 7.64. The number of ketones is 2. The van der Waals surface area contributed by atoms with Crippen molar-refractivity contribution in [3.8, 4) is 0 Å². The molecule has 1 aliphatic rings. The smallest absolute Gasteiger partial charge is 0.190 e. The van der Waals surface area contributed by atoms with E-state index in [1.54, 1.807) is 25.1 Å². The monoisotopic (exact) mass is 362 g/mol. The molecule has 0 aromatic heterocycles. The Morgan fingerprint density at radius 2 is 1.48 bits per heavy atom. The zero-order valence-electron chi connectivity index (χ0n) is 17.2. The van der Waals surface area contributed by atoms with Crippen molar-refractivity contribution in [2.24, 2.45) is 0 Å². The first-order valence-electron chi connectivity index (χ1n) is 9.64. The highest BCUT2D eigenvalue weighted by Crippen LogP contribution is 2.28. The summed E-state index contributed by atoms with van der Waals surface area (Å²) in [6.45, 7) is 10.3. The number of carbonyl (C=O) groups excluding carboxylic acids is 2. The Kier molecular flexibility index (Phi) is 7.29. The van der Waals surface area contributed by atoms with Crippen molar-refractivity contribution in [3.63, 3.8) is 0 Å². The molecule has 0 N–H and O–H groups in total. The maximum Gasteiger partial charge on any atom is 0.190 e. The lowest BCUT2D eigenvalue weighted by Crippen LogP contribution is -2.20. The lowest BCUT2D eigenvalue weighted by molar-refractivity contribution is 0.0973. The summed E-state index contributed by atoms with van der Waals surface area (Å²) in [7, 11) is 0. The van der Waals surface area contributed by atoms with Gasteiger partial charge in [-0.15, -0.1) is 0 Å². The van der Waals surface area contributed by atoms with Gasteiger partial charge in [-0.3, -0.25) is 9.59 Å². The van der Waals surface area contributed by atoms with E-state index in [-0.39, 0.29) is 11.6 Å². The molecule has 2 heteroatoms. The van der Waals surface area contributed by atoms with Crippen LogP contribution < -0.4 is 0 Å². The van der Waals surface area contributed by atoms with Crippen molar-refractivity contribution in [1.29, 1.82) is 0 Å². The molecule has 0 atom stereocenters. The van der Waals surface area contributed by atoms with E-state index in [1.807, 2.05) is 6.07 Å². The third-order valence-electron chi connectivity index (χ3n) is 5.00. The first-order chi connectivity index (χ1) is 12.8. The Hall–Kier alpha value is -2.48. The molecule has 1 aliphatic carbocycles. The molecular formula is C25H30O2. The maximum atomic E-state index is 12.8. The van der Waals surface area contributed by atoms with Gasteiger partial charge < -0.3 is 0 Å². The van der Waals surface area contributed by atoms with Gasteiger partial charge in [-0.25, -0.2) is 0 Å². The number of fused-ring (bicyclic) bond motifs is 1. The van der Waals surface area contributed by atoms with Gasteiger partial charge in [0.15, 0.2) is 11.6 Å². The minimum absolute atomic E-state index is 0.00999. The Bertz CT molecular complexity index is 856. The number of hydrogen-bond donors (Lipinski definition) is 0. The molecule has 0 spiro atoms. The van der Waals surface area contributed by atoms with Gasteiger partial charge in [-0.1, -0.05) is 59.2 Å². The summed E-state index contributed by atoms with van der Waals surface area (Å²) in [6, 6.07) is 7.10. The van der Waals surface area contributed by atoms with E-state index in [0.717, 1.165) is 19.3 Å². The van der Waals surface area contributed by atoms with Gasteiger partial charge in [0.05, 0.1) is 0 Å². The lowest BCUT2D eigenvalue weighted by Gasteiger charge is -2.18. The average molecular weight is 363 g/mol. The normalized spacial score (nSPS) is 15.1. The first-order valence-corrected chi connectivity index (χ1v) is 9.64. The van der Waals surface area contributed by atoms with E-state index in [1.165, 1.54) is 16.7 Å². The number of carbonyl (C=O) groups is 2. The van der Waals surface area contributed by atoms with Gasteiger partial charge in [0.2, 0.25) is 0 Å². The van der Waals surface area contributed by atoms with Gasteiger partial charge in [-0.05, 0) is 60.3 Å². The van der Waals surface area contributed by atoms with Crippen LogP contribution in [0.1, 0.15) is 81.0 Å². The molecule has 2 rings (SSSR count). The minimum atomic E-state index is -0.0240. The second-order valence-corrected chi connectivity index (χ2v) is 7.64. The highest BCUT2D eigenvalue weighted by molar-refractivity contribution is 6.26. The summed E-state index contributed by atoms with van der Waals surface area (Å²) < 4.78 is 0. The number of allylic oxidation sites excluding steroid dienone is 8. The van der Waals surface area contributed by atoms with Crippen LogP contribution in [0.15, 0.2) is 70.4 Å². The summed E-state index contributed by atoms with van der Waals surface area (Å²) in [4.78, 5) is 25.3. The van der Waals surface area contributed by atoms with Gasteiger partial charge in [0.25, 0.3) is 0 Å². The SMILES string of the molecule is CC(C)=CC/C(C)=C\CC/C(C)=C/CC1=C(C)C(=O)c2ccccc2C1=O. The van der Waals surface area contributed by atoms with Crippen molar-refractivity contribution in [2.45, 2.75) is 60.3 Å². The predicted octanol–water partition coefficient (Wildman–Crippen LogP) is 6.80. The molecule has 1 aromatic rings. The number of rotatable bonds is 7. The van der Waals surface area contributed by atoms with E-state index >= 15 is 0 Å². The number of Topliss-reactive ketones (excluding diaryl/α,β-unsaturated/α-hetero) is 2. The Balaban J connectivity index is 2.01. The Morgan fingerprint density at radius 1 is 0.852 bits per heavy atom. The van der Waals surface area contributed by atoms with Crippen LogP contribution >= 0.6 is 0 Å². The van der Waals surface area contributed by atoms with E-state index in [2.05, 4.69) is 45.9 Å². The topological polar surface area (TPSA) is 34.1 Å². The summed E-state index contributed by atoms with van der Waals surface area (Å²) in [6.07, 6.45) is 10.1. The van der Waals surface area contributed by atoms with E-state index < -0.39 is 0 Å². The van der Waals surface area contributed by atoms with Crippen LogP contribution in [0.4, 0.5) is 0 Å². The van der Waals surface area contributed by atoms with Gasteiger partial charge in [0.1, 0.15) is 0 Å². The lowest BCUT2D eigenvalue weighted by atomic mass is 9.83. The molecule has 0 radical (unpaired) electrons. The largest absolute Gasteiger partial charge is 0.289 e. The van der Waals surface area contributed by atoms with Gasteiger partial charge in [-0.2, -0.15) is 0 Å². The summed E-state index contributed by atoms with van der Waals surface area (Å²) >= 11 is 0. The summed E-state index contributed by atoms with van der Waals surface area (Å²) in [5, 5.41) is 0. The van der Waals surface area contributed by atoms with Crippen molar-refractivity contribution < 1.29 is 9.59 Å². The van der Waals surface area contributed by atoms with Crippen LogP contribution in [-0.4, -0.2) is 11.6 Å². The average Bonchev–Trinajstić information content (AvgIpc) is 2.64. The van der Waals surface area contributed by atoms with Crippen LogP contribution in [0, 0.1) is 0 Å². The predicted molar refractivity (Wildman–Crippen MR) is 113 cm³/mol. The molecule has 1 aromatic carbocycles. The molecular weight excluding hydrogens is 332 g/mol. The maximum absolute atomic E-state index is 12.8. The fraction of sp³-hybridized carbons (Fsp3) is 0.360. The van der Waals surface area contributed by atoms with Crippen LogP contribution in [0.5, 0.6) is 0 Å². The molecule has 0 bridgehead atoms. The fourth-order valence-corrected chi connectivity index (χ4v) is 3.17. The Morgan fingerprint density at radius 3 is 2.11 bits per heavy atom. The zero-order chi connectivity index (χ0) is 20.0. The van der Waals surface area contributed by atoms with Crippen molar-refractivity contribution in [1.82, 2.24) is 0 Å². The molecule has 0 heterocycles. The molecule has 0 amide bonds. The summed E-state index contributed by atoms with van der Waals surface area (Å²) in [5.41, 5.74) is 6.26. The molecule has 0 fully saturated rings. The van der Waals surface area contributed by atoms with Crippen molar-refractivity contribution >= 4 is 11.6 Å². The first kappa shape index (κ1) is 20.8.